The Hall–Kier alpha value is -2.36. The average Bonchev–Trinajstić information content (AvgIpc) is 3.06. The SMILES string of the molecule is Cc1ccc(OS(=O)(=O)c2ccc(C)c(Cl)c2)c(C=NN=C2NC(=O)[C@H](C(C)C)S2)c1. The number of nitrogens with one attached hydrogen (secondary N) is 1. The van der Waals surface area contributed by atoms with Crippen molar-refractivity contribution in [3.05, 3.63) is 58.1 Å². The minimum atomic E-state index is -4.10. The van der Waals surface area contributed by atoms with Gasteiger partial charge in [0.15, 0.2) is 10.9 Å². The minimum Gasteiger partial charge on any atom is -0.378 e. The summed E-state index contributed by atoms with van der Waals surface area (Å²) < 4.78 is 30.8. The van der Waals surface area contributed by atoms with Crippen LogP contribution in [0.4, 0.5) is 0 Å². The number of rotatable bonds is 6. The van der Waals surface area contributed by atoms with Crippen molar-refractivity contribution in [2.24, 2.45) is 16.1 Å². The van der Waals surface area contributed by atoms with Crippen molar-refractivity contribution in [1.29, 1.82) is 0 Å². The summed E-state index contributed by atoms with van der Waals surface area (Å²) in [5.74, 6) is 0.171. The Morgan fingerprint density at radius 1 is 1.19 bits per heavy atom. The van der Waals surface area contributed by atoms with Crippen LogP contribution in [0.5, 0.6) is 5.75 Å². The largest absolute Gasteiger partial charge is 0.378 e. The first-order valence-corrected chi connectivity index (χ1v) is 12.1. The van der Waals surface area contributed by atoms with E-state index in [1.54, 1.807) is 31.2 Å². The van der Waals surface area contributed by atoms with E-state index < -0.39 is 10.1 Å². The molecular weight excluding hydrogens is 458 g/mol. The number of hydrogen-bond donors (Lipinski definition) is 1. The lowest BCUT2D eigenvalue weighted by Gasteiger charge is -2.10. The summed E-state index contributed by atoms with van der Waals surface area (Å²) in [5, 5.41) is 11.3. The average molecular weight is 480 g/mol. The predicted molar refractivity (Wildman–Crippen MR) is 125 cm³/mol. The molecule has 2 aromatic rings. The second-order valence-corrected chi connectivity index (χ2v) is 10.5. The van der Waals surface area contributed by atoms with Gasteiger partial charge in [0, 0.05) is 10.6 Å². The molecule has 1 amide bonds. The van der Waals surface area contributed by atoms with Crippen LogP contribution in [-0.4, -0.2) is 31.0 Å². The molecule has 1 aliphatic heterocycles. The molecule has 1 fully saturated rings. The molecule has 1 heterocycles. The van der Waals surface area contributed by atoms with Crippen LogP contribution in [-0.2, 0) is 14.9 Å². The minimum absolute atomic E-state index is 0.0448. The molecule has 0 aromatic heterocycles. The van der Waals surface area contributed by atoms with Gasteiger partial charge < -0.3 is 9.50 Å². The summed E-state index contributed by atoms with van der Waals surface area (Å²) in [6.07, 6.45) is 1.39. The Morgan fingerprint density at radius 2 is 1.94 bits per heavy atom. The van der Waals surface area contributed by atoms with Crippen molar-refractivity contribution >= 4 is 50.8 Å². The predicted octanol–water partition coefficient (Wildman–Crippen LogP) is 4.30. The fraction of sp³-hybridized carbons (Fsp3) is 0.286. The quantitative estimate of drug-likeness (QED) is 0.378. The molecule has 0 aliphatic carbocycles. The maximum absolute atomic E-state index is 12.7. The highest BCUT2D eigenvalue weighted by Gasteiger charge is 2.32. The van der Waals surface area contributed by atoms with Crippen molar-refractivity contribution < 1.29 is 17.4 Å². The highest BCUT2D eigenvalue weighted by Crippen LogP contribution is 2.27. The third kappa shape index (κ3) is 5.66. The van der Waals surface area contributed by atoms with Crippen LogP contribution >= 0.6 is 23.4 Å². The van der Waals surface area contributed by atoms with Crippen LogP contribution in [0.2, 0.25) is 5.02 Å². The van der Waals surface area contributed by atoms with Crippen LogP contribution in [0, 0.1) is 19.8 Å². The molecule has 3 rings (SSSR count). The molecular formula is C21H22ClN3O4S2. The Labute approximate surface area is 191 Å². The molecule has 31 heavy (non-hydrogen) atoms. The van der Waals surface area contributed by atoms with E-state index in [1.165, 1.54) is 30.1 Å². The first-order chi connectivity index (χ1) is 14.6. The van der Waals surface area contributed by atoms with Gasteiger partial charge in [-0.3, -0.25) is 4.79 Å². The van der Waals surface area contributed by atoms with Gasteiger partial charge in [0.25, 0.3) is 0 Å². The normalized spacial score (nSPS) is 18.2. The number of carbonyl (C=O) groups is 1. The number of amidine groups is 1. The second-order valence-electron chi connectivity index (χ2n) is 7.41. The van der Waals surface area contributed by atoms with Gasteiger partial charge in [-0.2, -0.15) is 13.5 Å². The van der Waals surface area contributed by atoms with E-state index in [0.717, 1.165) is 11.1 Å². The van der Waals surface area contributed by atoms with Gasteiger partial charge in [-0.1, -0.05) is 54.9 Å². The number of nitrogens with zero attached hydrogens (tertiary/aromatic N) is 2. The van der Waals surface area contributed by atoms with Crippen molar-refractivity contribution in [3.63, 3.8) is 0 Å². The lowest BCUT2D eigenvalue weighted by molar-refractivity contribution is -0.119. The standard InChI is InChI=1S/C21H22ClN3O4S2/c1-12(2)19-20(26)24-21(30-19)25-23-11-15-9-13(3)5-8-18(15)29-31(27,28)16-7-6-14(4)17(22)10-16/h5-12,19H,1-4H3,(H,24,25,26)/t19-/m0/s1. The molecule has 0 saturated carbocycles. The van der Waals surface area contributed by atoms with Crippen molar-refractivity contribution in [2.75, 3.05) is 0 Å². The molecule has 1 saturated heterocycles. The van der Waals surface area contributed by atoms with Crippen LogP contribution in [0.25, 0.3) is 0 Å². The topological polar surface area (TPSA) is 97.2 Å². The van der Waals surface area contributed by atoms with E-state index >= 15 is 0 Å². The number of aryl methyl sites for hydroxylation is 2. The highest BCUT2D eigenvalue weighted by atomic mass is 35.5. The Morgan fingerprint density at radius 3 is 2.58 bits per heavy atom. The summed E-state index contributed by atoms with van der Waals surface area (Å²) in [6.45, 7) is 7.56. The van der Waals surface area contributed by atoms with Crippen LogP contribution in [0.15, 0.2) is 51.5 Å². The van der Waals surface area contributed by atoms with Gasteiger partial charge >= 0.3 is 10.1 Å². The number of hydrogen-bond acceptors (Lipinski definition) is 7. The second kappa shape index (κ2) is 9.42. The molecule has 164 valence electrons. The van der Waals surface area contributed by atoms with Gasteiger partial charge in [0.05, 0.1) is 11.5 Å². The van der Waals surface area contributed by atoms with Crippen molar-refractivity contribution in [2.45, 2.75) is 37.8 Å². The number of amides is 1. The fourth-order valence-electron chi connectivity index (χ4n) is 2.75. The van der Waals surface area contributed by atoms with E-state index in [4.69, 9.17) is 15.8 Å². The molecule has 7 nitrogen and oxygen atoms in total. The summed E-state index contributed by atoms with van der Waals surface area (Å²) >= 11 is 7.37. The summed E-state index contributed by atoms with van der Waals surface area (Å²) in [4.78, 5) is 11.9. The van der Waals surface area contributed by atoms with Gasteiger partial charge in [0.1, 0.15) is 4.90 Å². The number of halogens is 1. The monoisotopic (exact) mass is 479 g/mol. The first-order valence-electron chi connectivity index (χ1n) is 9.46. The zero-order valence-electron chi connectivity index (χ0n) is 17.4. The van der Waals surface area contributed by atoms with Gasteiger partial charge in [0.2, 0.25) is 5.91 Å². The van der Waals surface area contributed by atoms with Crippen LogP contribution in [0.3, 0.4) is 0 Å². The smallest absolute Gasteiger partial charge is 0.339 e. The maximum atomic E-state index is 12.7. The molecule has 0 spiro atoms. The summed E-state index contributed by atoms with van der Waals surface area (Å²) in [6, 6.07) is 9.42. The van der Waals surface area contributed by atoms with Crippen molar-refractivity contribution in [3.8, 4) is 5.75 Å². The number of thioether (sulfide) groups is 1. The molecule has 1 atom stereocenters. The number of benzene rings is 2. The molecule has 0 unspecified atom stereocenters. The van der Waals surface area contributed by atoms with E-state index in [9.17, 15) is 13.2 Å². The van der Waals surface area contributed by atoms with E-state index in [2.05, 4.69) is 15.5 Å². The van der Waals surface area contributed by atoms with E-state index in [1.807, 2.05) is 20.8 Å². The van der Waals surface area contributed by atoms with E-state index in [-0.39, 0.29) is 27.7 Å². The fourth-order valence-corrected chi connectivity index (χ4v) is 4.91. The zero-order chi connectivity index (χ0) is 22.8. The van der Waals surface area contributed by atoms with Crippen LogP contribution in [0.1, 0.15) is 30.5 Å². The molecule has 0 radical (unpaired) electrons. The first kappa shape index (κ1) is 23.3. The summed E-state index contributed by atoms with van der Waals surface area (Å²) in [7, 11) is -4.10. The summed E-state index contributed by atoms with van der Waals surface area (Å²) in [5.41, 5.74) is 2.08. The molecule has 10 heteroatoms. The molecule has 1 N–H and O–H groups in total. The Kier molecular flexibility index (Phi) is 7.08. The van der Waals surface area contributed by atoms with Crippen LogP contribution < -0.4 is 9.50 Å². The third-order valence-corrected chi connectivity index (χ3v) is 7.53. The lowest BCUT2D eigenvalue weighted by Crippen LogP contribution is -2.27. The van der Waals surface area contributed by atoms with Gasteiger partial charge in [-0.15, -0.1) is 5.10 Å². The highest BCUT2D eigenvalue weighted by molar-refractivity contribution is 8.15. The van der Waals surface area contributed by atoms with E-state index in [0.29, 0.717) is 15.8 Å². The van der Waals surface area contributed by atoms with Gasteiger partial charge in [-0.25, -0.2) is 0 Å². The van der Waals surface area contributed by atoms with Gasteiger partial charge in [-0.05, 0) is 49.6 Å². The molecule has 1 aliphatic rings. The zero-order valence-corrected chi connectivity index (χ0v) is 19.8. The van der Waals surface area contributed by atoms with Crippen molar-refractivity contribution in [1.82, 2.24) is 5.32 Å². The third-order valence-electron chi connectivity index (χ3n) is 4.47. The number of carbonyl (C=O) groups excluding carboxylic acids is 1. The Balaban J connectivity index is 1.84. The lowest BCUT2D eigenvalue weighted by atomic mass is 10.1. The maximum Gasteiger partial charge on any atom is 0.339 e. The molecule has 0 bridgehead atoms. The Bertz CT molecular complexity index is 1180. The molecule has 2 aromatic carbocycles.